The number of nitrogens with zero attached hydrogens (tertiary/aromatic N) is 2. The second-order valence-corrected chi connectivity index (χ2v) is 3.57. The van der Waals surface area contributed by atoms with Gasteiger partial charge in [-0.15, -0.1) is 0 Å². The number of benzene rings is 1. The van der Waals surface area contributed by atoms with Gasteiger partial charge in [-0.3, -0.25) is 4.79 Å². The normalized spacial score (nSPS) is 10.3. The molecular weight excluding hydrogens is 188 g/mol. The number of carbonyl (C=O) groups excluding carboxylic acids is 1. The maximum Gasteiger partial charge on any atom is 0.168 e. The van der Waals surface area contributed by atoms with E-state index in [4.69, 9.17) is 0 Å². The highest BCUT2D eigenvalue weighted by Gasteiger charge is 2.09. The van der Waals surface area contributed by atoms with E-state index in [0.717, 1.165) is 17.5 Å². The van der Waals surface area contributed by atoms with Crippen LogP contribution in [-0.2, 0) is 7.05 Å². The van der Waals surface area contributed by atoms with E-state index in [-0.39, 0.29) is 0 Å². The van der Waals surface area contributed by atoms with E-state index in [0.29, 0.717) is 5.69 Å². The Morgan fingerprint density at radius 3 is 2.53 bits per heavy atom. The number of hydrogen-bond donors (Lipinski definition) is 0. The lowest BCUT2D eigenvalue weighted by Gasteiger charge is -2.00. The van der Waals surface area contributed by atoms with Gasteiger partial charge >= 0.3 is 0 Å². The van der Waals surface area contributed by atoms with Crippen LogP contribution in [-0.4, -0.2) is 15.8 Å². The molecule has 3 heteroatoms. The Balaban J connectivity index is 2.53. The summed E-state index contributed by atoms with van der Waals surface area (Å²) in [6, 6.07) is 7.98. The molecule has 0 spiro atoms. The Labute approximate surface area is 88.4 Å². The van der Waals surface area contributed by atoms with Gasteiger partial charge in [-0.05, 0) is 6.92 Å². The monoisotopic (exact) mass is 200 g/mol. The molecule has 15 heavy (non-hydrogen) atoms. The van der Waals surface area contributed by atoms with Crippen molar-refractivity contribution in [1.29, 1.82) is 0 Å². The number of aldehydes is 1. The third kappa shape index (κ3) is 1.68. The van der Waals surface area contributed by atoms with Gasteiger partial charge in [0, 0.05) is 12.6 Å². The predicted octanol–water partition coefficient (Wildman–Crippen LogP) is 2.21. The van der Waals surface area contributed by atoms with Crippen molar-refractivity contribution < 1.29 is 4.79 Å². The topological polar surface area (TPSA) is 34.9 Å². The molecule has 0 amide bonds. The Morgan fingerprint density at radius 1 is 1.27 bits per heavy atom. The van der Waals surface area contributed by atoms with Crippen molar-refractivity contribution in [2.45, 2.75) is 6.92 Å². The first-order valence-electron chi connectivity index (χ1n) is 4.76. The van der Waals surface area contributed by atoms with E-state index in [1.807, 2.05) is 38.2 Å². The number of aromatic nitrogens is 2. The first-order valence-corrected chi connectivity index (χ1v) is 4.76. The van der Waals surface area contributed by atoms with Gasteiger partial charge in [-0.2, -0.15) is 0 Å². The molecule has 2 aromatic rings. The highest BCUT2D eigenvalue weighted by Crippen LogP contribution is 2.20. The van der Waals surface area contributed by atoms with Crippen molar-refractivity contribution in [3.05, 3.63) is 41.9 Å². The molecule has 0 saturated heterocycles. The molecule has 0 radical (unpaired) electrons. The van der Waals surface area contributed by atoms with Crippen LogP contribution in [0.4, 0.5) is 0 Å². The van der Waals surface area contributed by atoms with Crippen molar-refractivity contribution in [3.8, 4) is 11.3 Å². The molecule has 76 valence electrons. The van der Waals surface area contributed by atoms with E-state index >= 15 is 0 Å². The number of aryl methyl sites for hydroxylation is 2. The lowest BCUT2D eigenvalue weighted by Crippen LogP contribution is -1.94. The highest BCUT2D eigenvalue weighted by atomic mass is 16.1. The second kappa shape index (κ2) is 3.69. The average molecular weight is 200 g/mol. The lowest BCUT2D eigenvalue weighted by molar-refractivity contribution is 0.111. The summed E-state index contributed by atoms with van der Waals surface area (Å²) in [5.41, 5.74) is 3.52. The summed E-state index contributed by atoms with van der Waals surface area (Å²) in [7, 11) is 1.81. The molecule has 1 aromatic heterocycles. The summed E-state index contributed by atoms with van der Waals surface area (Å²) >= 11 is 0. The minimum absolute atomic E-state index is 0.610. The van der Waals surface area contributed by atoms with Gasteiger partial charge in [0.1, 0.15) is 5.69 Å². The van der Waals surface area contributed by atoms with Crippen molar-refractivity contribution in [3.63, 3.8) is 0 Å². The maximum atomic E-state index is 10.9. The van der Waals surface area contributed by atoms with Gasteiger partial charge in [0.15, 0.2) is 6.29 Å². The van der Waals surface area contributed by atoms with Crippen molar-refractivity contribution in [2.75, 3.05) is 0 Å². The van der Waals surface area contributed by atoms with Crippen molar-refractivity contribution in [1.82, 2.24) is 9.55 Å². The van der Waals surface area contributed by atoms with Gasteiger partial charge in [0.2, 0.25) is 0 Å². The molecule has 1 heterocycles. The van der Waals surface area contributed by atoms with Crippen LogP contribution in [0.5, 0.6) is 0 Å². The summed E-state index contributed by atoms with van der Waals surface area (Å²) in [4.78, 5) is 15.1. The molecule has 0 aliphatic heterocycles. The Morgan fingerprint density at radius 2 is 1.93 bits per heavy atom. The average Bonchev–Trinajstić information content (AvgIpc) is 2.61. The predicted molar refractivity (Wildman–Crippen MR) is 58.8 cm³/mol. The van der Waals surface area contributed by atoms with E-state index < -0.39 is 0 Å². The third-order valence-electron chi connectivity index (χ3n) is 2.42. The first kappa shape index (κ1) is 9.65. The molecule has 0 fully saturated rings. The molecule has 0 unspecified atom stereocenters. The SMILES string of the molecule is Cc1ccc(-c2ncn(C)c2C=O)cc1. The standard InChI is InChI=1S/C12H12N2O/c1-9-3-5-10(6-4-9)12-11(7-15)14(2)8-13-12/h3-8H,1-2H3. The van der Waals surface area contributed by atoms with Crippen LogP contribution in [0.15, 0.2) is 30.6 Å². The second-order valence-electron chi connectivity index (χ2n) is 3.57. The Hall–Kier alpha value is -1.90. The van der Waals surface area contributed by atoms with E-state index in [2.05, 4.69) is 4.98 Å². The van der Waals surface area contributed by atoms with Crippen LogP contribution in [0.2, 0.25) is 0 Å². The summed E-state index contributed by atoms with van der Waals surface area (Å²) in [6.45, 7) is 2.03. The van der Waals surface area contributed by atoms with Crippen LogP contribution < -0.4 is 0 Å². The minimum Gasteiger partial charge on any atom is -0.331 e. The van der Waals surface area contributed by atoms with Crippen LogP contribution in [0.25, 0.3) is 11.3 Å². The van der Waals surface area contributed by atoms with Gasteiger partial charge in [0.25, 0.3) is 0 Å². The summed E-state index contributed by atoms with van der Waals surface area (Å²) in [6.07, 6.45) is 2.49. The fraction of sp³-hybridized carbons (Fsp3) is 0.167. The molecule has 1 aromatic carbocycles. The molecule has 0 aliphatic rings. The third-order valence-corrected chi connectivity index (χ3v) is 2.42. The summed E-state index contributed by atoms with van der Waals surface area (Å²) in [5.74, 6) is 0. The first-order chi connectivity index (χ1) is 7.22. The number of hydrogen-bond acceptors (Lipinski definition) is 2. The van der Waals surface area contributed by atoms with E-state index in [1.165, 1.54) is 5.56 Å². The Bertz CT molecular complexity index is 483. The maximum absolute atomic E-state index is 10.9. The molecule has 2 rings (SSSR count). The van der Waals surface area contributed by atoms with Gasteiger partial charge < -0.3 is 4.57 Å². The molecule has 3 nitrogen and oxygen atoms in total. The molecule has 0 atom stereocenters. The van der Waals surface area contributed by atoms with Crippen LogP contribution >= 0.6 is 0 Å². The van der Waals surface area contributed by atoms with Crippen LogP contribution in [0.1, 0.15) is 16.1 Å². The molecule has 0 bridgehead atoms. The van der Waals surface area contributed by atoms with E-state index in [1.54, 1.807) is 10.9 Å². The number of carbonyl (C=O) groups is 1. The minimum atomic E-state index is 0.610. The summed E-state index contributed by atoms with van der Waals surface area (Å²) < 4.78 is 1.72. The zero-order chi connectivity index (χ0) is 10.8. The number of imidazole rings is 1. The van der Waals surface area contributed by atoms with Crippen molar-refractivity contribution >= 4 is 6.29 Å². The zero-order valence-electron chi connectivity index (χ0n) is 8.77. The highest BCUT2D eigenvalue weighted by molar-refractivity contribution is 5.83. The smallest absolute Gasteiger partial charge is 0.168 e. The van der Waals surface area contributed by atoms with Crippen molar-refractivity contribution in [2.24, 2.45) is 7.05 Å². The number of rotatable bonds is 2. The lowest BCUT2D eigenvalue weighted by atomic mass is 10.1. The quantitative estimate of drug-likeness (QED) is 0.696. The van der Waals surface area contributed by atoms with Gasteiger partial charge in [-0.1, -0.05) is 29.8 Å². The fourth-order valence-corrected chi connectivity index (χ4v) is 1.51. The van der Waals surface area contributed by atoms with E-state index in [9.17, 15) is 4.79 Å². The fourth-order valence-electron chi connectivity index (χ4n) is 1.51. The molecular formula is C12H12N2O. The molecule has 0 N–H and O–H groups in total. The van der Waals surface area contributed by atoms with Crippen LogP contribution in [0, 0.1) is 6.92 Å². The molecule has 0 saturated carbocycles. The van der Waals surface area contributed by atoms with Gasteiger partial charge in [0.05, 0.1) is 12.0 Å². The Kier molecular flexibility index (Phi) is 2.37. The summed E-state index contributed by atoms with van der Waals surface area (Å²) in [5, 5.41) is 0. The van der Waals surface area contributed by atoms with Crippen LogP contribution in [0.3, 0.4) is 0 Å². The van der Waals surface area contributed by atoms with Gasteiger partial charge in [-0.25, -0.2) is 4.98 Å². The zero-order valence-corrected chi connectivity index (χ0v) is 8.77. The molecule has 0 aliphatic carbocycles. The largest absolute Gasteiger partial charge is 0.331 e.